The lowest BCUT2D eigenvalue weighted by atomic mass is 10.1. The molecule has 0 fully saturated rings. The summed E-state index contributed by atoms with van der Waals surface area (Å²) < 4.78 is 13.4. The second-order valence-electron chi connectivity index (χ2n) is 5.17. The van der Waals surface area contributed by atoms with Gasteiger partial charge in [0, 0.05) is 23.4 Å². The van der Waals surface area contributed by atoms with Gasteiger partial charge < -0.3 is 0 Å². The third-order valence-corrected chi connectivity index (χ3v) is 3.61. The molecule has 1 amide bonds. The molecule has 108 valence electrons. The molecule has 4 nitrogen and oxygen atoms in total. The smallest absolute Gasteiger partial charge is 0.232 e. The number of nitrogens with zero attached hydrogens (tertiary/aromatic N) is 3. The van der Waals surface area contributed by atoms with Gasteiger partial charge in [-0.1, -0.05) is 19.1 Å². The van der Waals surface area contributed by atoms with E-state index < -0.39 is 0 Å². The van der Waals surface area contributed by atoms with Crippen LogP contribution < -0.4 is 4.90 Å². The SMILES string of the molecule is CCCN1C(=O)Cc2c(C)nc(-c3cccc(F)c3)nc21. The number of aryl methyl sites for hydroxylation is 1. The Bertz CT molecular complexity index is 715. The fourth-order valence-corrected chi connectivity index (χ4v) is 2.59. The first kappa shape index (κ1) is 13.7. The Morgan fingerprint density at radius 1 is 1.33 bits per heavy atom. The van der Waals surface area contributed by atoms with Crippen molar-refractivity contribution in [3.8, 4) is 11.4 Å². The number of carbonyl (C=O) groups is 1. The molecule has 5 heteroatoms. The van der Waals surface area contributed by atoms with E-state index in [1.807, 2.05) is 13.8 Å². The standard InChI is InChI=1S/C16H16FN3O/c1-3-7-20-14(21)9-13-10(2)18-15(19-16(13)20)11-5-4-6-12(17)8-11/h4-6,8H,3,7,9H2,1-2H3. The normalized spacial score (nSPS) is 13.7. The van der Waals surface area contributed by atoms with Crippen molar-refractivity contribution in [3.63, 3.8) is 0 Å². The third kappa shape index (κ3) is 2.39. The van der Waals surface area contributed by atoms with Crippen molar-refractivity contribution in [2.75, 3.05) is 11.4 Å². The number of amides is 1. The minimum absolute atomic E-state index is 0.0562. The van der Waals surface area contributed by atoms with Gasteiger partial charge >= 0.3 is 0 Å². The van der Waals surface area contributed by atoms with Crippen LogP contribution in [0.2, 0.25) is 0 Å². The molecule has 0 aliphatic carbocycles. The van der Waals surface area contributed by atoms with E-state index in [0.717, 1.165) is 17.7 Å². The number of carbonyl (C=O) groups excluding carboxylic acids is 1. The minimum Gasteiger partial charge on any atom is -0.296 e. The second-order valence-corrected chi connectivity index (χ2v) is 5.17. The van der Waals surface area contributed by atoms with Gasteiger partial charge in [0.1, 0.15) is 11.6 Å². The molecule has 0 N–H and O–H groups in total. The molecule has 0 spiro atoms. The van der Waals surface area contributed by atoms with Crippen LogP contribution in [0.5, 0.6) is 0 Å². The van der Waals surface area contributed by atoms with Crippen molar-refractivity contribution in [1.29, 1.82) is 0 Å². The summed E-state index contributed by atoms with van der Waals surface area (Å²) >= 11 is 0. The zero-order valence-electron chi connectivity index (χ0n) is 12.1. The molecule has 0 unspecified atom stereocenters. The maximum absolute atomic E-state index is 13.4. The second kappa shape index (κ2) is 5.24. The largest absolute Gasteiger partial charge is 0.296 e. The van der Waals surface area contributed by atoms with Crippen LogP contribution in [-0.2, 0) is 11.2 Å². The molecule has 2 heterocycles. The number of halogens is 1. The minimum atomic E-state index is -0.323. The van der Waals surface area contributed by atoms with Crippen molar-refractivity contribution in [2.45, 2.75) is 26.7 Å². The van der Waals surface area contributed by atoms with Crippen LogP contribution >= 0.6 is 0 Å². The van der Waals surface area contributed by atoms with Crippen LogP contribution in [0.25, 0.3) is 11.4 Å². The molecule has 0 atom stereocenters. The van der Waals surface area contributed by atoms with E-state index in [4.69, 9.17) is 0 Å². The molecule has 21 heavy (non-hydrogen) atoms. The zero-order valence-corrected chi connectivity index (χ0v) is 12.1. The highest BCUT2D eigenvalue weighted by Crippen LogP contribution is 2.31. The number of rotatable bonds is 3. The Kier molecular flexibility index (Phi) is 3.41. The number of hydrogen-bond acceptors (Lipinski definition) is 3. The van der Waals surface area contributed by atoms with Gasteiger partial charge in [0.15, 0.2) is 5.82 Å². The maximum Gasteiger partial charge on any atom is 0.232 e. The van der Waals surface area contributed by atoms with Crippen LogP contribution in [-0.4, -0.2) is 22.4 Å². The fourth-order valence-electron chi connectivity index (χ4n) is 2.59. The average molecular weight is 285 g/mol. The third-order valence-electron chi connectivity index (χ3n) is 3.61. The number of anilines is 1. The topological polar surface area (TPSA) is 46.1 Å². The van der Waals surface area contributed by atoms with Crippen molar-refractivity contribution in [1.82, 2.24) is 9.97 Å². The Hall–Kier alpha value is -2.30. The predicted octanol–water partition coefficient (Wildman–Crippen LogP) is 2.89. The average Bonchev–Trinajstić information content (AvgIpc) is 2.77. The van der Waals surface area contributed by atoms with Gasteiger partial charge in [-0.05, 0) is 25.5 Å². The molecular formula is C16H16FN3O. The molecule has 0 saturated heterocycles. The summed E-state index contributed by atoms with van der Waals surface area (Å²) in [5, 5.41) is 0. The number of aromatic nitrogens is 2. The van der Waals surface area contributed by atoms with Crippen LogP contribution in [0, 0.1) is 12.7 Å². The first-order valence-electron chi connectivity index (χ1n) is 7.04. The molecule has 1 aliphatic heterocycles. The van der Waals surface area contributed by atoms with Gasteiger partial charge in [0.2, 0.25) is 5.91 Å². The molecule has 1 aliphatic rings. The van der Waals surface area contributed by atoms with Crippen molar-refractivity contribution in [2.24, 2.45) is 0 Å². The Morgan fingerprint density at radius 2 is 2.14 bits per heavy atom. The molecule has 3 rings (SSSR count). The van der Waals surface area contributed by atoms with E-state index in [-0.39, 0.29) is 11.7 Å². The van der Waals surface area contributed by atoms with Crippen LogP contribution in [0.4, 0.5) is 10.2 Å². The van der Waals surface area contributed by atoms with E-state index in [1.54, 1.807) is 17.0 Å². The number of hydrogen-bond donors (Lipinski definition) is 0. The molecule has 1 aromatic carbocycles. The first-order valence-corrected chi connectivity index (χ1v) is 7.04. The monoisotopic (exact) mass is 285 g/mol. The number of fused-ring (bicyclic) bond motifs is 1. The van der Waals surface area contributed by atoms with Gasteiger partial charge in [0.25, 0.3) is 0 Å². The van der Waals surface area contributed by atoms with Gasteiger partial charge in [-0.25, -0.2) is 14.4 Å². The van der Waals surface area contributed by atoms with Crippen molar-refractivity contribution >= 4 is 11.7 Å². The van der Waals surface area contributed by atoms with Crippen molar-refractivity contribution < 1.29 is 9.18 Å². The molecule has 1 aromatic heterocycles. The summed E-state index contributed by atoms with van der Waals surface area (Å²) in [6.45, 7) is 4.53. The molecular weight excluding hydrogens is 269 g/mol. The summed E-state index contributed by atoms with van der Waals surface area (Å²) in [5.74, 6) is 0.867. The summed E-state index contributed by atoms with van der Waals surface area (Å²) in [5.41, 5.74) is 2.29. The van der Waals surface area contributed by atoms with Crippen LogP contribution in [0.3, 0.4) is 0 Å². The highest BCUT2D eigenvalue weighted by molar-refractivity contribution is 6.00. The van der Waals surface area contributed by atoms with Crippen molar-refractivity contribution in [3.05, 3.63) is 41.3 Å². The highest BCUT2D eigenvalue weighted by atomic mass is 19.1. The maximum atomic E-state index is 13.4. The lowest BCUT2D eigenvalue weighted by Crippen LogP contribution is -2.28. The summed E-state index contributed by atoms with van der Waals surface area (Å²) in [4.78, 5) is 22.7. The number of benzene rings is 1. The molecule has 0 radical (unpaired) electrons. The van der Waals surface area contributed by atoms with E-state index in [1.165, 1.54) is 12.1 Å². The van der Waals surface area contributed by atoms with Gasteiger partial charge in [-0.2, -0.15) is 0 Å². The molecule has 2 aromatic rings. The van der Waals surface area contributed by atoms with Gasteiger partial charge in [-0.3, -0.25) is 9.69 Å². The van der Waals surface area contributed by atoms with Gasteiger partial charge in [0.05, 0.1) is 6.42 Å². The molecule has 0 saturated carbocycles. The zero-order chi connectivity index (χ0) is 15.0. The fraction of sp³-hybridized carbons (Fsp3) is 0.312. The van der Waals surface area contributed by atoms with Gasteiger partial charge in [-0.15, -0.1) is 0 Å². The Labute approximate surface area is 122 Å². The van der Waals surface area contributed by atoms with E-state index in [2.05, 4.69) is 9.97 Å². The van der Waals surface area contributed by atoms with E-state index in [0.29, 0.717) is 30.2 Å². The highest BCUT2D eigenvalue weighted by Gasteiger charge is 2.30. The summed E-state index contributed by atoms with van der Waals surface area (Å²) in [6.07, 6.45) is 1.22. The summed E-state index contributed by atoms with van der Waals surface area (Å²) in [6, 6.07) is 6.19. The van der Waals surface area contributed by atoms with Crippen LogP contribution in [0.1, 0.15) is 24.6 Å². The summed E-state index contributed by atoms with van der Waals surface area (Å²) in [7, 11) is 0. The quantitative estimate of drug-likeness (QED) is 0.871. The lowest BCUT2D eigenvalue weighted by molar-refractivity contribution is -0.117. The first-order chi connectivity index (χ1) is 10.1. The van der Waals surface area contributed by atoms with E-state index in [9.17, 15) is 9.18 Å². The lowest BCUT2D eigenvalue weighted by Gasteiger charge is -2.16. The Balaban J connectivity index is 2.11. The van der Waals surface area contributed by atoms with E-state index >= 15 is 0 Å². The predicted molar refractivity (Wildman–Crippen MR) is 78.5 cm³/mol. The van der Waals surface area contributed by atoms with Crippen LogP contribution in [0.15, 0.2) is 24.3 Å². The molecule has 0 bridgehead atoms. The Morgan fingerprint density at radius 3 is 2.86 bits per heavy atom.